The first-order chi connectivity index (χ1) is 15.8. The van der Waals surface area contributed by atoms with E-state index in [-0.39, 0.29) is 10.8 Å². The van der Waals surface area contributed by atoms with Crippen molar-refractivity contribution in [1.29, 1.82) is 0 Å². The molecule has 0 saturated carbocycles. The van der Waals surface area contributed by atoms with Crippen LogP contribution in [0, 0.1) is 6.92 Å². The van der Waals surface area contributed by atoms with Crippen molar-refractivity contribution in [2.24, 2.45) is 0 Å². The lowest BCUT2D eigenvalue weighted by atomic mass is 10.1. The van der Waals surface area contributed by atoms with Gasteiger partial charge in [0, 0.05) is 49.2 Å². The molecule has 1 N–H and O–H groups in total. The van der Waals surface area contributed by atoms with Crippen LogP contribution >= 0.6 is 11.3 Å². The van der Waals surface area contributed by atoms with Gasteiger partial charge in [0.15, 0.2) is 0 Å². The van der Waals surface area contributed by atoms with E-state index < -0.39 is 10.0 Å². The van der Waals surface area contributed by atoms with Crippen molar-refractivity contribution in [3.05, 3.63) is 70.0 Å². The number of benzene rings is 2. The molecule has 1 aromatic heterocycles. The van der Waals surface area contributed by atoms with E-state index in [1.165, 1.54) is 10.4 Å². The number of nitrogens with one attached hydrogen (secondary N) is 1. The molecule has 174 valence electrons. The molecule has 0 atom stereocenters. The molecule has 0 radical (unpaired) electrons. The monoisotopic (exact) mass is 484 g/mol. The highest BCUT2D eigenvalue weighted by Gasteiger charge is 2.27. The summed E-state index contributed by atoms with van der Waals surface area (Å²) in [6.45, 7) is 4.76. The fraction of sp³-hybridized carbons (Fsp3) is 0.333. The van der Waals surface area contributed by atoms with E-state index in [2.05, 4.69) is 15.2 Å². The average molecular weight is 485 g/mol. The van der Waals surface area contributed by atoms with Gasteiger partial charge >= 0.3 is 0 Å². The second-order valence-electron chi connectivity index (χ2n) is 8.19. The van der Waals surface area contributed by atoms with Crippen molar-refractivity contribution in [3.8, 4) is 11.3 Å². The normalized spacial score (nSPS) is 15.5. The lowest BCUT2D eigenvalue weighted by Crippen LogP contribution is -2.47. The first-order valence-corrected chi connectivity index (χ1v) is 13.2. The Morgan fingerprint density at radius 2 is 1.82 bits per heavy atom. The number of hydrogen-bond acceptors (Lipinski definition) is 6. The predicted molar refractivity (Wildman–Crippen MR) is 131 cm³/mol. The smallest absolute Gasteiger partial charge is 0.251 e. The molecule has 4 rings (SSSR count). The lowest BCUT2D eigenvalue weighted by Gasteiger charge is -2.31. The zero-order chi connectivity index (χ0) is 23.4. The van der Waals surface area contributed by atoms with Crippen LogP contribution < -0.4 is 5.32 Å². The Hall–Kier alpha value is -2.59. The molecule has 2 heterocycles. The zero-order valence-corrected chi connectivity index (χ0v) is 20.5. The number of likely N-dealkylation sites (N-methyl/N-ethyl adjacent to an activating group) is 1. The van der Waals surface area contributed by atoms with E-state index >= 15 is 0 Å². The molecule has 1 amide bonds. The first-order valence-electron chi connectivity index (χ1n) is 10.9. The fourth-order valence-electron chi connectivity index (χ4n) is 3.74. The summed E-state index contributed by atoms with van der Waals surface area (Å²) in [7, 11) is -1.63. The second kappa shape index (κ2) is 10.1. The first kappa shape index (κ1) is 23.6. The molecule has 0 spiro atoms. The minimum absolute atomic E-state index is 0.160. The third-order valence-corrected chi connectivity index (χ3v) is 8.43. The number of amides is 1. The van der Waals surface area contributed by atoms with Crippen molar-refractivity contribution in [1.82, 2.24) is 19.5 Å². The zero-order valence-electron chi connectivity index (χ0n) is 18.8. The summed E-state index contributed by atoms with van der Waals surface area (Å²) in [5, 5.41) is 5.98. The Morgan fingerprint density at radius 1 is 1.09 bits per heavy atom. The number of aryl methyl sites for hydroxylation is 1. The molecular formula is C24H28N4O3S2. The van der Waals surface area contributed by atoms with Crippen LogP contribution in [0.1, 0.15) is 20.9 Å². The van der Waals surface area contributed by atoms with Gasteiger partial charge in [-0.25, -0.2) is 13.4 Å². The topological polar surface area (TPSA) is 82.6 Å². The van der Waals surface area contributed by atoms with Crippen molar-refractivity contribution in [3.63, 3.8) is 0 Å². The Morgan fingerprint density at radius 3 is 2.48 bits per heavy atom. The number of nitrogens with zero attached hydrogens (tertiary/aromatic N) is 3. The van der Waals surface area contributed by atoms with Crippen molar-refractivity contribution < 1.29 is 13.2 Å². The number of hydrogen-bond donors (Lipinski definition) is 1. The highest BCUT2D eigenvalue weighted by atomic mass is 32.2. The SMILES string of the molecule is Cc1nc(-c2ccc(CCNC(=O)c3cccc(S(=O)(=O)N4CCN(C)CC4)c3)cc2)cs1. The molecule has 1 aliphatic heterocycles. The van der Waals surface area contributed by atoms with Crippen LogP contribution in [0.2, 0.25) is 0 Å². The minimum atomic E-state index is -3.61. The predicted octanol–water partition coefficient (Wildman–Crippen LogP) is 3.03. The Balaban J connectivity index is 1.34. The van der Waals surface area contributed by atoms with Gasteiger partial charge in [0.1, 0.15) is 0 Å². The highest BCUT2D eigenvalue weighted by Crippen LogP contribution is 2.22. The van der Waals surface area contributed by atoms with E-state index in [0.717, 1.165) is 21.8 Å². The van der Waals surface area contributed by atoms with E-state index in [9.17, 15) is 13.2 Å². The van der Waals surface area contributed by atoms with E-state index in [1.807, 2.05) is 43.6 Å². The molecule has 9 heteroatoms. The summed E-state index contributed by atoms with van der Waals surface area (Å²) in [4.78, 5) is 19.4. The molecule has 1 fully saturated rings. The van der Waals surface area contributed by atoms with Gasteiger partial charge in [0.2, 0.25) is 10.0 Å². The van der Waals surface area contributed by atoms with Crippen molar-refractivity contribution in [2.45, 2.75) is 18.2 Å². The van der Waals surface area contributed by atoms with Crippen molar-refractivity contribution in [2.75, 3.05) is 39.8 Å². The molecule has 1 saturated heterocycles. The van der Waals surface area contributed by atoms with Crippen LogP contribution in [0.4, 0.5) is 0 Å². The van der Waals surface area contributed by atoms with Gasteiger partial charge in [-0.3, -0.25) is 4.79 Å². The third-order valence-electron chi connectivity index (χ3n) is 5.76. The fourth-order valence-corrected chi connectivity index (χ4v) is 5.83. The number of piperazine rings is 1. The van der Waals surface area contributed by atoms with Crippen LogP contribution in [0.5, 0.6) is 0 Å². The third kappa shape index (κ3) is 5.67. The largest absolute Gasteiger partial charge is 0.352 e. The summed E-state index contributed by atoms with van der Waals surface area (Å²) >= 11 is 1.63. The molecule has 0 unspecified atom stereocenters. The Kier molecular flexibility index (Phi) is 7.23. The second-order valence-corrected chi connectivity index (χ2v) is 11.2. The lowest BCUT2D eigenvalue weighted by molar-refractivity contribution is 0.0954. The summed E-state index contributed by atoms with van der Waals surface area (Å²) in [6.07, 6.45) is 0.682. The molecule has 2 aromatic carbocycles. The molecule has 0 aliphatic carbocycles. The van der Waals surface area contributed by atoms with Crippen LogP contribution in [-0.4, -0.2) is 68.3 Å². The molecule has 0 bridgehead atoms. The minimum Gasteiger partial charge on any atom is -0.352 e. The number of carbonyl (C=O) groups is 1. The number of rotatable bonds is 7. The van der Waals surface area contributed by atoms with Gasteiger partial charge < -0.3 is 10.2 Å². The van der Waals surface area contributed by atoms with E-state index in [0.29, 0.717) is 44.7 Å². The quantitative estimate of drug-likeness (QED) is 0.557. The number of thiazole rings is 1. The summed E-state index contributed by atoms with van der Waals surface area (Å²) < 4.78 is 27.4. The van der Waals surface area contributed by atoms with Crippen LogP contribution in [0.15, 0.2) is 58.8 Å². The standard InChI is InChI=1S/C24H28N4O3S2/c1-18-26-23(17-32-18)20-8-6-19(7-9-20)10-11-25-24(29)21-4-3-5-22(16-21)33(30,31)28-14-12-27(2)13-15-28/h3-9,16-17H,10-15H2,1-2H3,(H,25,29). The molecule has 1 aliphatic rings. The van der Waals surface area contributed by atoms with Crippen LogP contribution in [0.3, 0.4) is 0 Å². The Bertz CT molecular complexity index is 1210. The maximum absolute atomic E-state index is 13.0. The van der Waals surface area contributed by atoms with Gasteiger partial charge in [-0.05, 0) is 44.2 Å². The van der Waals surface area contributed by atoms with Gasteiger partial charge in [0.25, 0.3) is 5.91 Å². The van der Waals surface area contributed by atoms with Gasteiger partial charge in [-0.2, -0.15) is 4.31 Å². The molecule has 3 aromatic rings. The summed E-state index contributed by atoms with van der Waals surface area (Å²) in [6, 6.07) is 14.4. The van der Waals surface area contributed by atoms with Crippen LogP contribution in [0.25, 0.3) is 11.3 Å². The van der Waals surface area contributed by atoms with E-state index in [4.69, 9.17) is 0 Å². The average Bonchev–Trinajstić information content (AvgIpc) is 3.26. The highest BCUT2D eigenvalue weighted by molar-refractivity contribution is 7.89. The number of carbonyl (C=O) groups excluding carboxylic acids is 1. The summed E-state index contributed by atoms with van der Waals surface area (Å²) in [5.41, 5.74) is 3.51. The van der Waals surface area contributed by atoms with Gasteiger partial charge in [-0.1, -0.05) is 30.3 Å². The number of sulfonamides is 1. The van der Waals surface area contributed by atoms with Crippen molar-refractivity contribution >= 4 is 27.3 Å². The van der Waals surface area contributed by atoms with Gasteiger partial charge in [-0.15, -0.1) is 11.3 Å². The van der Waals surface area contributed by atoms with Crippen LogP contribution in [-0.2, 0) is 16.4 Å². The summed E-state index contributed by atoms with van der Waals surface area (Å²) in [5.74, 6) is -0.278. The maximum Gasteiger partial charge on any atom is 0.251 e. The van der Waals surface area contributed by atoms with Gasteiger partial charge in [0.05, 0.1) is 15.6 Å². The number of aromatic nitrogens is 1. The van der Waals surface area contributed by atoms with E-state index in [1.54, 1.807) is 29.5 Å². The molecular weight excluding hydrogens is 456 g/mol. The maximum atomic E-state index is 13.0. The molecule has 7 nitrogen and oxygen atoms in total. The molecule has 33 heavy (non-hydrogen) atoms. The Labute approximate surface area is 199 Å².